The topological polar surface area (TPSA) is 54.8 Å². The van der Waals surface area contributed by atoms with E-state index < -0.39 is 12.5 Å². The molecule has 1 saturated heterocycles. The second-order valence-corrected chi connectivity index (χ2v) is 10.7. The fourth-order valence-electron chi connectivity index (χ4n) is 5.06. The maximum atomic E-state index is 15.4. The molecular formula is C28H32F4N2O3S. The van der Waals surface area contributed by atoms with Gasteiger partial charge in [0.05, 0.1) is 12.6 Å². The molecule has 0 bridgehead atoms. The van der Waals surface area contributed by atoms with Crippen LogP contribution >= 0.6 is 11.8 Å². The first kappa shape index (κ1) is 28.4. The monoisotopic (exact) mass is 552 g/mol. The van der Waals surface area contributed by atoms with Crippen molar-refractivity contribution in [3.05, 3.63) is 60.3 Å². The second kappa shape index (κ2) is 13.0. The predicted molar refractivity (Wildman–Crippen MR) is 140 cm³/mol. The van der Waals surface area contributed by atoms with Gasteiger partial charge < -0.3 is 19.5 Å². The highest BCUT2D eigenvalue weighted by atomic mass is 32.2. The van der Waals surface area contributed by atoms with Crippen molar-refractivity contribution in [2.75, 3.05) is 39.1 Å². The van der Waals surface area contributed by atoms with Gasteiger partial charge in [0.15, 0.2) is 0 Å². The van der Waals surface area contributed by atoms with E-state index in [9.17, 15) is 18.3 Å². The number of nitrogens with zero attached hydrogens (tertiary/aromatic N) is 2. The average Bonchev–Trinajstić information content (AvgIpc) is 2.90. The molecule has 0 radical (unpaired) electrons. The van der Waals surface area contributed by atoms with Gasteiger partial charge in [0.1, 0.15) is 17.7 Å². The Hall–Kier alpha value is -2.56. The fraction of sp³-hybridized carbons (Fsp3) is 0.464. The Labute approximate surface area is 224 Å². The van der Waals surface area contributed by atoms with E-state index in [1.807, 2.05) is 18.2 Å². The molecule has 2 aromatic carbocycles. The number of halogens is 4. The Morgan fingerprint density at radius 3 is 2.74 bits per heavy atom. The minimum Gasteiger partial charge on any atom is -0.497 e. The number of hydrogen-bond donors (Lipinski definition) is 1. The lowest BCUT2D eigenvalue weighted by molar-refractivity contribution is -0.274. The van der Waals surface area contributed by atoms with Crippen LogP contribution in [0.4, 0.5) is 17.6 Å². The molecule has 3 aromatic rings. The highest BCUT2D eigenvalue weighted by Gasteiger charge is 2.31. The molecule has 206 valence electrons. The largest absolute Gasteiger partial charge is 0.573 e. The summed E-state index contributed by atoms with van der Waals surface area (Å²) in [5.74, 6) is 1.41. The van der Waals surface area contributed by atoms with E-state index in [2.05, 4.69) is 14.6 Å². The Kier molecular flexibility index (Phi) is 9.73. The van der Waals surface area contributed by atoms with Crippen LogP contribution in [-0.2, 0) is 0 Å². The molecular weight excluding hydrogens is 520 g/mol. The maximum Gasteiger partial charge on any atom is 0.573 e. The van der Waals surface area contributed by atoms with Gasteiger partial charge in [0.2, 0.25) is 0 Å². The van der Waals surface area contributed by atoms with Crippen molar-refractivity contribution >= 4 is 22.7 Å². The van der Waals surface area contributed by atoms with Gasteiger partial charge in [-0.3, -0.25) is 4.98 Å². The summed E-state index contributed by atoms with van der Waals surface area (Å²) in [6, 6.07) is 13.1. The van der Waals surface area contributed by atoms with E-state index in [0.717, 1.165) is 30.4 Å². The molecule has 0 amide bonds. The maximum absolute atomic E-state index is 15.4. The quantitative estimate of drug-likeness (QED) is 0.212. The molecule has 0 saturated carbocycles. The van der Waals surface area contributed by atoms with E-state index in [-0.39, 0.29) is 24.2 Å². The lowest BCUT2D eigenvalue weighted by atomic mass is 9.81. The summed E-state index contributed by atoms with van der Waals surface area (Å²) in [4.78, 5) is 7.30. The Morgan fingerprint density at radius 2 is 1.97 bits per heavy atom. The molecule has 1 aliphatic heterocycles. The number of likely N-dealkylation sites (tertiary alicyclic amines) is 1. The molecule has 4 rings (SSSR count). The van der Waals surface area contributed by atoms with Crippen molar-refractivity contribution in [3.63, 3.8) is 0 Å². The van der Waals surface area contributed by atoms with Crippen LogP contribution in [0.25, 0.3) is 10.9 Å². The highest BCUT2D eigenvalue weighted by Crippen LogP contribution is 2.35. The van der Waals surface area contributed by atoms with Crippen LogP contribution in [0.2, 0.25) is 0 Å². The molecule has 0 spiro atoms. The number of thioether (sulfide) groups is 1. The van der Waals surface area contributed by atoms with Crippen molar-refractivity contribution in [1.82, 2.24) is 9.88 Å². The van der Waals surface area contributed by atoms with Gasteiger partial charge in [-0.2, -0.15) is 0 Å². The normalized spacial score (nSPS) is 19.4. The third kappa shape index (κ3) is 7.74. The number of piperidine rings is 1. The van der Waals surface area contributed by atoms with Crippen molar-refractivity contribution < 1.29 is 32.1 Å². The van der Waals surface area contributed by atoms with E-state index in [1.165, 1.54) is 23.9 Å². The molecule has 10 heteroatoms. The number of hydrogen-bond acceptors (Lipinski definition) is 6. The number of benzene rings is 2. The van der Waals surface area contributed by atoms with Gasteiger partial charge in [-0.25, -0.2) is 4.39 Å². The van der Waals surface area contributed by atoms with Crippen LogP contribution in [-0.4, -0.2) is 60.5 Å². The number of ether oxygens (including phenoxy) is 2. The number of aliphatic hydroxyl groups excluding tert-OH is 1. The number of alkyl halides is 4. The lowest BCUT2D eigenvalue weighted by Gasteiger charge is -2.38. The molecule has 1 aliphatic rings. The lowest BCUT2D eigenvalue weighted by Crippen LogP contribution is -2.43. The first-order valence-electron chi connectivity index (χ1n) is 12.6. The van der Waals surface area contributed by atoms with Crippen molar-refractivity contribution in [3.8, 4) is 11.5 Å². The Balaban J connectivity index is 1.27. The molecule has 38 heavy (non-hydrogen) atoms. The third-order valence-electron chi connectivity index (χ3n) is 7.04. The van der Waals surface area contributed by atoms with Gasteiger partial charge in [0, 0.05) is 41.9 Å². The molecule has 2 heterocycles. The number of pyridine rings is 1. The van der Waals surface area contributed by atoms with Crippen LogP contribution in [0.1, 0.15) is 31.0 Å². The summed E-state index contributed by atoms with van der Waals surface area (Å²) in [6.45, 7) is 2.34. The second-order valence-electron chi connectivity index (χ2n) is 9.49. The van der Waals surface area contributed by atoms with Gasteiger partial charge in [-0.1, -0.05) is 6.07 Å². The first-order valence-corrected chi connectivity index (χ1v) is 13.6. The zero-order valence-electron chi connectivity index (χ0n) is 21.2. The van der Waals surface area contributed by atoms with E-state index in [4.69, 9.17) is 4.74 Å². The summed E-state index contributed by atoms with van der Waals surface area (Å²) in [6.07, 6.45) is -2.32. The van der Waals surface area contributed by atoms with E-state index in [1.54, 1.807) is 31.5 Å². The molecule has 5 nitrogen and oxygen atoms in total. The zero-order valence-corrected chi connectivity index (χ0v) is 22.0. The summed E-state index contributed by atoms with van der Waals surface area (Å²) in [7, 11) is 1.58. The van der Waals surface area contributed by atoms with Gasteiger partial charge >= 0.3 is 6.36 Å². The summed E-state index contributed by atoms with van der Waals surface area (Å²) in [5, 5.41) is 10.8. The van der Waals surface area contributed by atoms with Crippen LogP contribution in [0.15, 0.2) is 59.6 Å². The number of fused-ring (bicyclic) bond motifs is 1. The number of methoxy groups -OCH3 is 1. The van der Waals surface area contributed by atoms with E-state index >= 15 is 4.39 Å². The minimum atomic E-state index is -4.71. The zero-order chi connectivity index (χ0) is 27.1. The SMILES string of the molecule is COc1ccc2nccc([C@@H](F)CC[C@@H]3CCN(CCSc4cccc(OC(F)(F)F)c4)C[C@@H]3CO)c2c1. The van der Waals surface area contributed by atoms with Crippen LogP contribution in [0, 0.1) is 11.8 Å². The first-order chi connectivity index (χ1) is 18.3. The number of rotatable bonds is 11. The van der Waals surface area contributed by atoms with Gasteiger partial charge in [0.25, 0.3) is 0 Å². The Bertz CT molecular complexity index is 1200. The molecule has 1 fully saturated rings. The molecule has 1 aromatic heterocycles. The number of aliphatic hydroxyl groups is 1. The molecule has 1 N–H and O–H groups in total. The Morgan fingerprint density at radius 1 is 1.13 bits per heavy atom. The number of aromatic nitrogens is 1. The minimum absolute atomic E-state index is 0.0392. The standard InChI is InChI=1S/C28H32F4N2O3S/c1-36-21-6-8-27-25(16-21)24(9-11-33-27)26(29)7-5-19-10-12-34(17-20(19)18-35)13-14-38-23-4-2-3-22(15-23)37-28(30,31)32/h2-4,6,8-9,11,15-16,19-20,26,35H,5,7,10,12-14,17-18H2,1H3/t19-,20-,26+/m1/s1. The summed E-state index contributed by atoms with van der Waals surface area (Å²) in [5.41, 5.74) is 1.33. The van der Waals surface area contributed by atoms with Crippen molar-refractivity contribution in [2.45, 2.75) is 36.7 Å². The van der Waals surface area contributed by atoms with Crippen LogP contribution < -0.4 is 9.47 Å². The predicted octanol–water partition coefficient (Wildman–Crippen LogP) is 6.66. The summed E-state index contributed by atoms with van der Waals surface area (Å²) < 4.78 is 62.1. The summed E-state index contributed by atoms with van der Waals surface area (Å²) >= 11 is 1.46. The third-order valence-corrected chi connectivity index (χ3v) is 8.01. The molecule has 0 aliphatic carbocycles. The molecule has 3 atom stereocenters. The van der Waals surface area contributed by atoms with E-state index in [0.29, 0.717) is 41.3 Å². The molecule has 0 unspecified atom stereocenters. The van der Waals surface area contributed by atoms with Gasteiger partial charge in [-0.05, 0) is 85.7 Å². The van der Waals surface area contributed by atoms with Crippen molar-refractivity contribution in [1.29, 1.82) is 0 Å². The van der Waals surface area contributed by atoms with Crippen LogP contribution in [0.3, 0.4) is 0 Å². The fourth-order valence-corrected chi connectivity index (χ4v) is 6.02. The van der Waals surface area contributed by atoms with Crippen molar-refractivity contribution in [2.24, 2.45) is 11.8 Å². The average molecular weight is 553 g/mol. The van der Waals surface area contributed by atoms with Crippen LogP contribution in [0.5, 0.6) is 11.5 Å². The highest BCUT2D eigenvalue weighted by molar-refractivity contribution is 7.99. The van der Waals surface area contributed by atoms with Gasteiger partial charge in [-0.15, -0.1) is 24.9 Å². The smallest absolute Gasteiger partial charge is 0.497 e.